The number of carbonyl (C=O) groups is 2. The van der Waals surface area contributed by atoms with E-state index in [2.05, 4.69) is 19.4 Å². The molecule has 1 aromatic heterocycles. The van der Waals surface area contributed by atoms with E-state index < -0.39 is 11.9 Å². The zero-order chi connectivity index (χ0) is 14.7. The van der Waals surface area contributed by atoms with E-state index in [1.807, 2.05) is 0 Å². The fraction of sp³-hybridized carbons (Fsp3) is 0.0909. The average molecular weight is 332 g/mol. The minimum absolute atomic E-state index is 0.109. The van der Waals surface area contributed by atoms with E-state index in [4.69, 9.17) is 23.2 Å². The molecule has 20 heavy (non-hydrogen) atoms. The number of aromatic nitrogens is 2. The topological polar surface area (TPSA) is 81.2 Å². The molecule has 1 heterocycles. The smallest absolute Gasteiger partial charge is 0.377 e. The van der Waals surface area contributed by atoms with Gasteiger partial charge in [-0.05, 0) is 18.2 Å². The van der Waals surface area contributed by atoms with Crippen molar-refractivity contribution in [3.8, 4) is 0 Å². The maximum Gasteiger partial charge on any atom is 0.377 e. The van der Waals surface area contributed by atoms with Crippen molar-refractivity contribution in [1.29, 1.82) is 0 Å². The largest absolute Gasteiger partial charge is 0.463 e. The number of nitrogens with one attached hydrogen (secondary N) is 1. The number of hydrogen-bond acceptors (Lipinski definition) is 6. The zero-order valence-electron chi connectivity index (χ0n) is 10.0. The molecule has 6 nitrogen and oxygen atoms in total. The van der Waals surface area contributed by atoms with Crippen molar-refractivity contribution in [2.24, 2.45) is 0 Å². The molecule has 1 amide bonds. The molecule has 9 heteroatoms. The molecule has 1 N–H and O–H groups in total. The van der Waals surface area contributed by atoms with E-state index in [0.717, 1.165) is 11.5 Å². The monoisotopic (exact) mass is 331 g/mol. The zero-order valence-corrected chi connectivity index (χ0v) is 12.3. The second-order valence-electron chi connectivity index (χ2n) is 3.50. The number of halogens is 2. The van der Waals surface area contributed by atoms with Crippen molar-refractivity contribution in [2.45, 2.75) is 0 Å². The maximum absolute atomic E-state index is 11.9. The summed E-state index contributed by atoms with van der Waals surface area (Å²) < 4.78 is 8.23. The summed E-state index contributed by atoms with van der Waals surface area (Å²) in [6, 6.07) is 4.46. The van der Waals surface area contributed by atoms with E-state index in [1.54, 1.807) is 0 Å². The molecule has 0 aliphatic rings. The Bertz CT molecular complexity index is 675. The van der Waals surface area contributed by atoms with Gasteiger partial charge in [-0.15, -0.1) is 0 Å². The first kappa shape index (κ1) is 14.7. The van der Waals surface area contributed by atoms with Crippen LogP contribution in [0.2, 0.25) is 10.0 Å². The summed E-state index contributed by atoms with van der Waals surface area (Å²) in [6.45, 7) is 0. The van der Waals surface area contributed by atoms with Gasteiger partial charge >= 0.3 is 5.97 Å². The number of esters is 1. The fourth-order valence-corrected chi connectivity index (χ4v) is 2.11. The van der Waals surface area contributed by atoms with Crippen molar-refractivity contribution in [3.05, 3.63) is 39.6 Å². The Balaban J connectivity index is 2.13. The standard InChI is InChI=1S/C11H7Cl2N3O3S/c1-19-10(18)8-14-11(20-16-8)15-9(17)5-2-3-6(12)7(13)4-5/h2-4H,1H3,(H,14,15,16,17). The molecule has 0 aliphatic carbocycles. The molecule has 0 saturated carbocycles. The molecule has 104 valence electrons. The van der Waals surface area contributed by atoms with Gasteiger partial charge in [0.15, 0.2) is 0 Å². The molecule has 2 rings (SSSR count). The molecular formula is C11H7Cl2N3O3S. The van der Waals surface area contributed by atoms with Crippen molar-refractivity contribution in [2.75, 3.05) is 12.4 Å². The molecule has 0 radical (unpaired) electrons. The van der Waals surface area contributed by atoms with Gasteiger partial charge in [0.2, 0.25) is 5.13 Å². The summed E-state index contributed by atoms with van der Waals surface area (Å²) in [6.07, 6.45) is 0. The lowest BCUT2D eigenvalue weighted by Gasteiger charge is -2.02. The SMILES string of the molecule is COC(=O)c1nsc(NC(=O)c2ccc(Cl)c(Cl)c2)n1. The van der Waals surface area contributed by atoms with Crippen molar-refractivity contribution in [3.63, 3.8) is 0 Å². The van der Waals surface area contributed by atoms with Crippen LogP contribution in [0.4, 0.5) is 5.13 Å². The maximum atomic E-state index is 11.9. The number of rotatable bonds is 3. The van der Waals surface area contributed by atoms with Gasteiger partial charge in [-0.3, -0.25) is 10.1 Å². The molecule has 2 aromatic rings. The molecule has 0 fully saturated rings. The fourth-order valence-electron chi connectivity index (χ4n) is 1.26. The number of benzene rings is 1. The number of ether oxygens (including phenoxy) is 1. The summed E-state index contributed by atoms with van der Waals surface area (Å²) in [5, 5.41) is 3.31. The minimum atomic E-state index is -0.670. The van der Waals surface area contributed by atoms with Crippen LogP contribution in [0.15, 0.2) is 18.2 Å². The summed E-state index contributed by atoms with van der Waals surface area (Å²) >= 11 is 12.5. The van der Waals surface area contributed by atoms with Crippen molar-refractivity contribution in [1.82, 2.24) is 9.36 Å². The van der Waals surface area contributed by atoms with Gasteiger partial charge in [0.25, 0.3) is 11.7 Å². The van der Waals surface area contributed by atoms with Crippen LogP contribution in [-0.4, -0.2) is 28.3 Å². The Kier molecular flexibility index (Phi) is 4.53. The average Bonchev–Trinajstić information content (AvgIpc) is 2.89. The number of amides is 1. The molecule has 0 atom stereocenters. The van der Waals surface area contributed by atoms with Crippen molar-refractivity contribution >= 4 is 51.7 Å². The lowest BCUT2D eigenvalue weighted by Crippen LogP contribution is -2.12. The predicted octanol–water partition coefficient (Wildman–Crippen LogP) is 2.88. The van der Waals surface area contributed by atoms with Crippen LogP contribution in [0.3, 0.4) is 0 Å². The summed E-state index contributed by atoms with van der Waals surface area (Å²) in [7, 11) is 1.22. The first-order valence-corrected chi connectivity index (χ1v) is 6.72. The van der Waals surface area contributed by atoms with E-state index in [1.165, 1.54) is 25.3 Å². The molecule has 0 bridgehead atoms. The second kappa shape index (κ2) is 6.17. The van der Waals surface area contributed by atoms with E-state index in [-0.39, 0.29) is 16.0 Å². The lowest BCUT2D eigenvalue weighted by molar-refractivity contribution is 0.0588. The Morgan fingerprint density at radius 2 is 2.05 bits per heavy atom. The molecule has 0 aliphatic heterocycles. The highest BCUT2D eigenvalue weighted by Gasteiger charge is 2.15. The van der Waals surface area contributed by atoms with Gasteiger partial charge < -0.3 is 4.74 Å². The molecule has 0 unspecified atom stereocenters. The van der Waals surface area contributed by atoms with Crippen LogP contribution in [0.1, 0.15) is 21.0 Å². The van der Waals surface area contributed by atoms with Crippen LogP contribution >= 0.6 is 34.7 Å². The number of carbonyl (C=O) groups excluding carboxylic acids is 2. The van der Waals surface area contributed by atoms with Crippen LogP contribution in [0, 0.1) is 0 Å². The highest BCUT2D eigenvalue weighted by Crippen LogP contribution is 2.23. The Hall–Kier alpha value is -1.70. The summed E-state index contributed by atoms with van der Waals surface area (Å²) in [5.41, 5.74) is 0.314. The highest BCUT2D eigenvalue weighted by atomic mass is 35.5. The lowest BCUT2D eigenvalue weighted by atomic mass is 10.2. The van der Waals surface area contributed by atoms with Gasteiger partial charge in [-0.2, -0.15) is 9.36 Å². The highest BCUT2D eigenvalue weighted by molar-refractivity contribution is 7.10. The quantitative estimate of drug-likeness (QED) is 0.874. The van der Waals surface area contributed by atoms with Crippen LogP contribution in [-0.2, 0) is 4.74 Å². The van der Waals surface area contributed by atoms with Crippen LogP contribution in [0.25, 0.3) is 0 Å². The van der Waals surface area contributed by atoms with Gasteiger partial charge in [-0.1, -0.05) is 23.2 Å². The molecule has 0 spiro atoms. The first-order valence-electron chi connectivity index (χ1n) is 5.19. The van der Waals surface area contributed by atoms with Crippen LogP contribution < -0.4 is 5.32 Å². The number of methoxy groups -OCH3 is 1. The Morgan fingerprint density at radius 1 is 1.30 bits per heavy atom. The third kappa shape index (κ3) is 3.24. The van der Waals surface area contributed by atoms with E-state index in [9.17, 15) is 9.59 Å². The minimum Gasteiger partial charge on any atom is -0.463 e. The van der Waals surface area contributed by atoms with Gasteiger partial charge in [0, 0.05) is 17.1 Å². The van der Waals surface area contributed by atoms with Gasteiger partial charge in [0.05, 0.1) is 17.2 Å². The first-order chi connectivity index (χ1) is 9.51. The number of hydrogen-bond donors (Lipinski definition) is 1. The van der Waals surface area contributed by atoms with Crippen LogP contribution in [0.5, 0.6) is 0 Å². The summed E-state index contributed by atoms with van der Waals surface area (Å²) in [5.74, 6) is -1.21. The molecular weight excluding hydrogens is 325 g/mol. The van der Waals surface area contributed by atoms with E-state index in [0.29, 0.717) is 10.6 Å². The predicted molar refractivity (Wildman–Crippen MR) is 75.7 cm³/mol. The normalized spacial score (nSPS) is 10.2. The number of nitrogens with zero attached hydrogens (tertiary/aromatic N) is 2. The third-order valence-corrected chi connectivity index (χ3v) is 3.57. The van der Waals surface area contributed by atoms with Crippen molar-refractivity contribution < 1.29 is 14.3 Å². The summed E-state index contributed by atoms with van der Waals surface area (Å²) in [4.78, 5) is 26.9. The van der Waals surface area contributed by atoms with E-state index >= 15 is 0 Å². The molecule has 1 aromatic carbocycles. The second-order valence-corrected chi connectivity index (χ2v) is 5.06. The Morgan fingerprint density at radius 3 is 2.70 bits per heavy atom. The number of anilines is 1. The third-order valence-electron chi connectivity index (χ3n) is 2.20. The Labute approximate surface area is 127 Å². The molecule has 0 saturated heterocycles. The van der Waals surface area contributed by atoms with Gasteiger partial charge in [0.1, 0.15) is 0 Å². The van der Waals surface area contributed by atoms with Gasteiger partial charge in [-0.25, -0.2) is 4.79 Å².